The van der Waals surface area contributed by atoms with Crippen molar-refractivity contribution in [3.8, 4) is 0 Å². The van der Waals surface area contributed by atoms with Crippen LogP contribution in [-0.4, -0.2) is 32.0 Å². The summed E-state index contributed by atoms with van der Waals surface area (Å²) >= 11 is 3.40. The van der Waals surface area contributed by atoms with E-state index in [0.717, 1.165) is 10.0 Å². The third kappa shape index (κ3) is 6.93. The lowest BCUT2D eigenvalue weighted by molar-refractivity contribution is -0.126. The average Bonchev–Trinajstić information content (AvgIpc) is 2.40. The summed E-state index contributed by atoms with van der Waals surface area (Å²) in [6.07, 6.45) is 0. The molecule has 1 rings (SSSR count). The molecule has 0 spiro atoms. The van der Waals surface area contributed by atoms with Crippen molar-refractivity contribution >= 4 is 45.8 Å². The normalized spacial score (nSPS) is 11.2. The zero-order valence-electron chi connectivity index (χ0n) is 12.3. The predicted molar refractivity (Wildman–Crippen MR) is 90.9 cm³/mol. The summed E-state index contributed by atoms with van der Waals surface area (Å²) in [5, 5.41) is 8.28. The second-order valence-corrected chi connectivity index (χ2v) is 5.54. The number of anilines is 1. The van der Waals surface area contributed by atoms with Gasteiger partial charge in [-0.05, 0) is 37.7 Å². The van der Waals surface area contributed by atoms with Crippen molar-refractivity contribution in [1.82, 2.24) is 10.6 Å². The Morgan fingerprint density at radius 3 is 2.57 bits per heavy atom. The van der Waals surface area contributed by atoms with Gasteiger partial charge in [-0.15, -0.1) is 12.4 Å². The minimum absolute atomic E-state index is 0. The Morgan fingerprint density at radius 2 is 2.00 bits per heavy atom. The van der Waals surface area contributed by atoms with Gasteiger partial charge in [0.15, 0.2) is 0 Å². The number of amides is 2. The van der Waals surface area contributed by atoms with Gasteiger partial charge < -0.3 is 16.0 Å². The number of halogens is 2. The second-order valence-electron chi connectivity index (χ2n) is 4.69. The molecule has 0 heterocycles. The van der Waals surface area contributed by atoms with E-state index in [1.165, 1.54) is 0 Å². The third-order valence-electron chi connectivity index (χ3n) is 2.82. The molecule has 5 nitrogen and oxygen atoms in total. The largest absolute Gasteiger partial charge is 0.347 e. The van der Waals surface area contributed by atoms with Gasteiger partial charge in [0.25, 0.3) is 0 Å². The topological polar surface area (TPSA) is 70.2 Å². The van der Waals surface area contributed by atoms with Crippen LogP contribution in [0.1, 0.15) is 12.5 Å². The number of aryl methyl sites for hydroxylation is 1. The molecule has 0 aliphatic rings. The van der Waals surface area contributed by atoms with Crippen LogP contribution >= 0.6 is 28.3 Å². The number of hydrogen-bond donors (Lipinski definition) is 3. The predicted octanol–water partition coefficient (Wildman–Crippen LogP) is 2.09. The molecule has 1 unspecified atom stereocenters. The lowest BCUT2D eigenvalue weighted by Crippen LogP contribution is -2.38. The first-order valence-electron chi connectivity index (χ1n) is 6.42. The first-order chi connectivity index (χ1) is 9.43. The van der Waals surface area contributed by atoms with Crippen molar-refractivity contribution in [1.29, 1.82) is 0 Å². The van der Waals surface area contributed by atoms with Crippen LogP contribution in [0.2, 0.25) is 0 Å². The second kappa shape index (κ2) is 9.76. The molecule has 1 aromatic carbocycles. The van der Waals surface area contributed by atoms with Crippen molar-refractivity contribution in [2.45, 2.75) is 13.8 Å². The zero-order chi connectivity index (χ0) is 15.1. The maximum Gasteiger partial charge on any atom is 0.243 e. The van der Waals surface area contributed by atoms with E-state index in [0.29, 0.717) is 12.2 Å². The average molecular weight is 379 g/mol. The zero-order valence-corrected chi connectivity index (χ0v) is 14.7. The van der Waals surface area contributed by atoms with Crippen LogP contribution in [0.25, 0.3) is 0 Å². The SMILES string of the molecule is CNCC(C)C(=O)NCC(=O)Nc1ccc(Br)c(C)c1.Cl. The molecule has 21 heavy (non-hydrogen) atoms. The van der Waals surface area contributed by atoms with Gasteiger partial charge >= 0.3 is 0 Å². The fourth-order valence-corrected chi connectivity index (χ4v) is 1.91. The van der Waals surface area contributed by atoms with Gasteiger partial charge in [-0.2, -0.15) is 0 Å². The Kier molecular flexibility index (Phi) is 9.24. The first kappa shape index (κ1) is 19.9. The highest BCUT2D eigenvalue weighted by atomic mass is 79.9. The monoisotopic (exact) mass is 377 g/mol. The molecular formula is C14H21BrClN3O2. The van der Waals surface area contributed by atoms with Crippen molar-refractivity contribution in [3.05, 3.63) is 28.2 Å². The molecule has 3 N–H and O–H groups in total. The third-order valence-corrected chi connectivity index (χ3v) is 3.71. The highest BCUT2D eigenvalue weighted by molar-refractivity contribution is 9.10. The van der Waals surface area contributed by atoms with Crippen LogP contribution in [0.5, 0.6) is 0 Å². The molecule has 2 amide bonds. The summed E-state index contributed by atoms with van der Waals surface area (Å²) in [6, 6.07) is 5.55. The molecule has 0 saturated carbocycles. The van der Waals surface area contributed by atoms with Gasteiger partial charge in [0.05, 0.1) is 6.54 Å². The van der Waals surface area contributed by atoms with Crippen molar-refractivity contribution in [2.75, 3.05) is 25.5 Å². The lowest BCUT2D eigenvalue weighted by Gasteiger charge is -2.12. The van der Waals surface area contributed by atoms with E-state index in [2.05, 4.69) is 31.9 Å². The van der Waals surface area contributed by atoms with Crippen LogP contribution in [0.15, 0.2) is 22.7 Å². The minimum Gasteiger partial charge on any atom is -0.347 e. The van der Waals surface area contributed by atoms with Gasteiger partial charge in [0, 0.05) is 22.6 Å². The highest BCUT2D eigenvalue weighted by Gasteiger charge is 2.12. The molecule has 0 aliphatic heterocycles. The highest BCUT2D eigenvalue weighted by Crippen LogP contribution is 2.19. The fourth-order valence-electron chi connectivity index (χ4n) is 1.67. The molecule has 0 aromatic heterocycles. The number of benzene rings is 1. The Labute approximate surface area is 139 Å². The van der Waals surface area contributed by atoms with Gasteiger partial charge in [-0.25, -0.2) is 0 Å². The van der Waals surface area contributed by atoms with Crippen molar-refractivity contribution in [3.63, 3.8) is 0 Å². The molecule has 118 valence electrons. The van der Waals surface area contributed by atoms with Crippen LogP contribution < -0.4 is 16.0 Å². The van der Waals surface area contributed by atoms with Crippen LogP contribution in [-0.2, 0) is 9.59 Å². The molecule has 1 atom stereocenters. The van der Waals surface area contributed by atoms with E-state index in [9.17, 15) is 9.59 Å². The Morgan fingerprint density at radius 1 is 1.33 bits per heavy atom. The summed E-state index contributed by atoms with van der Waals surface area (Å²) < 4.78 is 0.990. The van der Waals surface area contributed by atoms with Crippen LogP contribution in [0.3, 0.4) is 0 Å². The Bertz CT molecular complexity index is 497. The van der Waals surface area contributed by atoms with E-state index in [-0.39, 0.29) is 36.7 Å². The standard InChI is InChI=1S/C14H20BrN3O2.ClH/c1-9-6-11(4-5-12(9)15)18-13(19)8-17-14(20)10(2)7-16-3;/h4-6,10,16H,7-8H2,1-3H3,(H,17,20)(H,18,19);1H. The molecule has 0 bridgehead atoms. The quantitative estimate of drug-likeness (QED) is 0.710. The number of rotatable bonds is 6. The Hall–Kier alpha value is -1.11. The van der Waals surface area contributed by atoms with Gasteiger partial charge in [-0.1, -0.05) is 22.9 Å². The molecule has 0 aliphatic carbocycles. The van der Waals surface area contributed by atoms with E-state index in [4.69, 9.17) is 0 Å². The van der Waals surface area contributed by atoms with Gasteiger partial charge in [0.2, 0.25) is 11.8 Å². The molecule has 0 fully saturated rings. The molecular weight excluding hydrogens is 358 g/mol. The van der Waals surface area contributed by atoms with Gasteiger partial charge in [0.1, 0.15) is 0 Å². The smallest absolute Gasteiger partial charge is 0.243 e. The number of carbonyl (C=O) groups is 2. The summed E-state index contributed by atoms with van der Waals surface area (Å²) in [5.74, 6) is -0.541. The van der Waals surface area contributed by atoms with Gasteiger partial charge in [-0.3, -0.25) is 9.59 Å². The fraction of sp³-hybridized carbons (Fsp3) is 0.429. The molecule has 7 heteroatoms. The van der Waals surface area contributed by atoms with E-state index in [1.807, 2.05) is 26.0 Å². The van der Waals surface area contributed by atoms with Crippen molar-refractivity contribution in [2.24, 2.45) is 5.92 Å². The summed E-state index contributed by atoms with van der Waals surface area (Å²) in [5.41, 5.74) is 1.75. The number of hydrogen-bond acceptors (Lipinski definition) is 3. The van der Waals surface area contributed by atoms with E-state index >= 15 is 0 Å². The van der Waals surface area contributed by atoms with E-state index < -0.39 is 0 Å². The maximum atomic E-state index is 11.7. The summed E-state index contributed by atoms with van der Waals surface area (Å²) in [4.78, 5) is 23.4. The lowest BCUT2D eigenvalue weighted by atomic mass is 10.1. The van der Waals surface area contributed by atoms with Crippen LogP contribution in [0.4, 0.5) is 5.69 Å². The van der Waals surface area contributed by atoms with Crippen LogP contribution in [0, 0.1) is 12.8 Å². The maximum absolute atomic E-state index is 11.7. The summed E-state index contributed by atoms with van der Waals surface area (Å²) in [7, 11) is 1.78. The van der Waals surface area contributed by atoms with E-state index in [1.54, 1.807) is 13.1 Å². The Balaban J connectivity index is 0.00000400. The molecule has 0 radical (unpaired) electrons. The molecule has 0 saturated heterocycles. The molecule has 1 aromatic rings. The minimum atomic E-state index is -0.239. The first-order valence-corrected chi connectivity index (χ1v) is 7.21. The number of nitrogens with one attached hydrogen (secondary N) is 3. The summed E-state index contributed by atoms with van der Waals surface area (Å²) in [6.45, 7) is 4.31. The number of carbonyl (C=O) groups excluding carboxylic acids is 2. The van der Waals surface area contributed by atoms with Crippen molar-refractivity contribution < 1.29 is 9.59 Å².